The largest absolute Gasteiger partial charge is 0.481 e. The zero-order valence-electron chi connectivity index (χ0n) is 11.4. The van der Waals surface area contributed by atoms with Crippen molar-refractivity contribution in [3.8, 4) is 0 Å². The molecule has 0 spiro atoms. The van der Waals surface area contributed by atoms with Crippen molar-refractivity contribution in [2.24, 2.45) is 11.8 Å². The number of anilines is 1. The van der Waals surface area contributed by atoms with Gasteiger partial charge < -0.3 is 15.5 Å². The molecule has 1 saturated carbocycles. The minimum atomic E-state index is -1.13. The normalized spacial score (nSPS) is 21.5. The van der Waals surface area contributed by atoms with Gasteiger partial charge in [0.05, 0.1) is 23.1 Å². The van der Waals surface area contributed by atoms with Crippen LogP contribution >= 0.6 is 0 Å². The van der Waals surface area contributed by atoms with E-state index in [1.165, 1.54) is 12.1 Å². The van der Waals surface area contributed by atoms with Crippen molar-refractivity contribution in [3.63, 3.8) is 0 Å². The van der Waals surface area contributed by atoms with Crippen LogP contribution in [0.15, 0.2) is 24.3 Å². The number of rotatable bonds is 4. The SMILES string of the molecule is O=C(O)c1ccccc1NC(=O)[C@H]1CCCC[C@H]1C(=O)O. The maximum absolute atomic E-state index is 12.3. The topological polar surface area (TPSA) is 104 Å². The molecule has 6 heteroatoms. The molecule has 1 aliphatic carbocycles. The number of carbonyl (C=O) groups excluding carboxylic acids is 1. The predicted octanol–water partition coefficient (Wildman–Crippen LogP) is 2.21. The average Bonchev–Trinajstić information content (AvgIpc) is 2.47. The number of benzene rings is 1. The lowest BCUT2D eigenvalue weighted by Crippen LogP contribution is -2.36. The number of hydrogen-bond donors (Lipinski definition) is 3. The molecule has 21 heavy (non-hydrogen) atoms. The van der Waals surface area contributed by atoms with Gasteiger partial charge in [-0.3, -0.25) is 9.59 Å². The van der Waals surface area contributed by atoms with Crippen LogP contribution in [0, 0.1) is 11.8 Å². The molecular formula is C15H17NO5. The first-order chi connectivity index (χ1) is 10.0. The summed E-state index contributed by atoms with van der Waals surface area (Å²) in [5, 5.41) is 20.8. The number of para-hydroxylation sites is 1. The van der Waals surface area contributed by atoms with Gasteiger partial charge in [0.2, 0.25) is 5.91 Å². The van der Waals surface area contributed by atoms with Crippen molar-refractivity contribution in [2.45, 2.75) is 25.7 Å². The Balaban J connectivity index is 2.17. The summed E-state index contributed by atoms with van der Waals surface area (Å²) in [6.45, 7) is 0. The van der Waals surface area contributed by atoms with E-state index in [0.717, 1.165) is 12.8 Å². The first-order valence-electron chi connectivity index (χ1n) is 6.86. The van der Waals surface area contributed by atoms with Crippen LogP contribution in [0.3, 0.4) is 0 Å². The minimum absolute atomic E-state index is 0.00599. The zero-order chi connectivity index (χ0) is 15.4. The number of amides is 1. The smallest absolute Gasteiger partial charge is 0.337 e. The van der Waals surface area contributed by atoms with E-state index in [2.05, 4.69) is 5.32 Å². The van der Waals surface area contributed by atoms with Crippen LogP contribution < -0.4 is 5.32 Å². The Morgan fingerprint density at radius 3 is 2.24 bits per heavy atom. The fourth-order valence-corrected chi connectivity index (χ4v) is 2.74. The Hall–Kier alpha value is -2.37. The fraction of sp³-hybridized carbons (Fsp3) is 0.400. The minimum Gasteiger partial charge on any atom is -0.481 e. The van der Waals surface area contributed by atoms with Crippen molar-refractivity contribution in [1.82, 2.24) is 0 Å². The molecule has 0 bridgehead atoms. The standard InChI is InChI=1S/C15H17NO5/c17-13(9-5-1-2-6-10(9)14(18)19)16-12-8-4-3-7-11(12)15(20)21/h3-4,7-10H,1-2,5-6H2,(H,16,17)(H,18,19)(H,20,21)/t9-,10+/m0/s1. The quantitative estimate of drug-likeness (QED) is 0.789. The van der Waals surface area contributed by atoms with E-state index in [9.17, 15) is 19.5 Å². The Bertz CT molecular complexity index is 569. The van der Waals surface area contributed by atoms with Crippen LogP contribution in [0.1, 0.15) is 36.0 Å². The van der Waals surface area contributed by atoms with E-state index >= 15 is 0 Å². The van der Waals surface area contributed by atoms with E-state index in [4.69, 9.17) is 5.11 Å². The molecule has 1 aromatic rings. The lowest BCUT2D eigenvalue weighted by molar-refractivity contribution is -0.147. The number of aromatic carboxylic acids is 1. The second-order valence-corrected chi connectivity index (χ2v) is 5.18. The highest BCUT2D eigenvalue weighted by Crippen LogP contribution is 2.31. The van der Waals surface area contributed by atoms with Gasteiger partial charge in [-0.2, -0.15) is 0 Å². The Labute approximate surface area is 121 Å². The second kappa shape index (κ2) is 6.39. The predicted molar refractivity (Wildman–Crippen MR) is 75.1 cm³/mol. The van der Waals surface area contributed by atoms with Crippen LogP contribution in [0.25, 0.3) is 0 Å². The highest BCUT2D eigenvalue weighted by Gasteiger charge is 2.35. The van der Waals surface area contributed by atoms with Gasteiger partial charge in [0, 0.05) is 0 Å². The van der Waals surface area contributed by atoms with E-state index in [-0.39, 0.29) is 11.3 Å². The van der Waals surface area contributed by atoms with Crippen LogP contribution in [0.2, 0.25) is 0 Å². The van der Waals surface area contributed by atoms with Gasteiger partial charge in [-0.25, -0.2) is 4.79 Å². The Morgan fingerprint density at radius 1 is 1.00 bits per heavy atom. The van der Waals surface area contributed by atoms with E-state index in [1.807, 2.05) is 0 Å². The first kappa shape index (κ1) is 15.0. The van der Waals surface area contributed by atoms with Crippen molar-refractivity contribution >= 4 is 23.5 Å². The number of carboxylic acid groups (broad SMARTS) is 2. The summed E-state index contributed by atoms with van der Waals surface area (Å²) < 4.78 is 0. The summed E-state index contributed by atoms with van der Waals surface area (Å²) >= 11 is 0. The molecule has 1 fully saturated rings. The number of carbonyl (C=O) groups is 3. The van der Waals surface area contributed by atoms with Crippen LogP contribution in [0.4, 0.5) is 5.69 Å². The molecule has 0 heterocycles. The molecule has 2 rings (SSSR count). The molecule has 0 aromatic heterocycles. The van der Waals surface area contributed by atoms with Gasteiger partial charge >= 0.3 is 11.9 Å². The number of hydrogen-bond acceptors (Lipinski definition) is 3. The maximum atomic E-state index is 12.3. The van der Waals surface area contributed by atoms with Crippen molar-refractivity contribution in [3.05, 3.63) is 29.8 Å². The number of aliphatic carboxylic acids is 1. The summed E-state index contributed by atoms with van der Waals surface area (Å²) in [4.78, 5) is 34.6. The molecular weight excluding hydrogens is 274 g/mol. The van der Waals surface area contributed by atoms with E-state index < -0.39 is 29.7 Å². The summed E-state index contributed by atoms with van der Waals surface area (Å²) in [5.74, 6) is -3.84. The molecule has 2 atom stereocenters. The van der Waals surface area contributed by atoms with Gasteiger partial charge in [0.25, 0.3) is 0 Å². The van der Waals surface area contributed by atoms with Gasteiger partial charge in [-0.15, -0.1) is 0 Å². The summed E-state index contributed by atoms with van der Waals surface area (Å²) in [6.07, 6.45) is 2.60. The molecule has 112 valence electrons. The molecule has 1 aromatic carbocycles. The van der Waals surface area contributed by atoms with E-state index in [0.29, 0.717) is 12.8 Å². The summed E-state index contributed by atoms with van der Waals surface area (Å²) in [7, 11) is 0. The van der Waals surface area contributed by atoms with Crippen molar-refractivity contribution in [2.75, 3.05) is 5.32 Å². The third-order valence-electron chi connectivity index (χ3n) is 3.84. The van der Waals surface area contributed by atoms with Gasteiger partial charge in [0.15, 0.2) is 0 Å². The second-order valence-electron chi connectivity index (χ2n) is 5.18. The van der Waals surface area contributed by atoms with E-state index in [1.54, 1.807) is 12.1 Å². The van der Waals surface area contributed by atoms with Crippen molar-refractivity contribution in [1.29, 1.82) is 0 Å². The Morgan fingerprint density at radius 2 is 1.62 bits per heavy atom. The fourth-order valence-electron chi connectivity index (χ4n) is 2.74. The molecule has 0 aliphatic heterocycles. The lowest BCUT2D eigenvalue weighted by atomic mass is 9.78. The van der Waals surface area contributed by atoms with Crippen LogP contribution in [0.5, 0.6) is 0 Å². The third-order valence-corrected chi connectivity index (χ3v) is 3.84. The number of carboxylic acids is 2. The summed E-state index contributed by atoms with van der Waals surface area (Å²) in [5.41, 5.74) is 0.193. The van der Waals surface area contributed by atoms with Crippen molar-refractivity contribution < 1.29 is 24.6 Å². The van der Waals surface area contributed by atoms with Gasteiger partial charge in [-0.05, 0) is 25.0 Å². The molecule has 3 N–H and O–H groups in total. The zero-order valence-corrected chi connectivity index (χ0v) is 11.4. The summed E-state index contributed by atoms with van der Waals surface area (Å²) in [6, 6.07) is 6.09. The molecule has 1 aliphatic rings. The molecule has 6 nitrogen and oxygen atoms in total. The van der Waals surface area contributed by atoms with Gasteiger partial charge in [0.1, 0.15) is 0 Å². The lowest BCUT2D eigenvalue weighted by Gasteiger charge is -2.27. The molecule has 0 saturated heterocycles. The van der Waals surface area contributed by atoms with Crippen LogP contribution in [-0.2, 0) is 9.59 Å². The molecule has 0 unspecified atom stereocenters. The molecule has 1 amide bonds. The first-order valence-corrected chi connectivity index (χ1v) is 6.86. The maximum Gasteiger partial charge on any atom is 0.337 e. The van der Waals surface area contributed by atoms with Gasteiger partial charge in [-0.1, -0.05) is 25.0 Å². The van der Waals surface area contributed by atoms with Crippen LogP contribution in [-0.4, -0.2) is 28.1 Å². The third kappa shape index (κ3) is 3.39. The molecule has 0 radical (unpaired) electrons. The highest BCUT2D eigenvalue weighted by atomic mass is 16.4. The average molecular weight is 291 g/mol. The Kier molecular flexibility index (Phi) is 4.57. The monoisotopic (exact) mass is 291 g/mol. The number of nitrogens with one attached hydrogen (secondary N) is 1. The highest BCUT2D eigenvalue weighted by molar-refractivity contribution is 6.02.